The van der Waals surface area contributed by atoms with Gasteiger partial charge in [-0.2, -0.15) is 0 Å². The molecule has 8 heteroatoms. The van der Waals surface area contributed by atoms with Crippen molar-refractivity contribution in [1.82, 2.24) is 19.8 Å². The maximum atomic E-state index is 13.2. The zero-order valence-corrected chi connectivity index (χ0v) is 17.7. The number of carbonyl (C=O) groups is 1. The van der Waals surface area contributed by atoms with Crippen molar-refractivity contribution in [2.45, 2.75) is 18.9 Å². The predicted octanol–water partition coefficient (Wildman–Crippen LogP) is 1.98. The lowest BCUT2D eigenvalue weighted by molar-refractivity contribution is -0.133. The van der Waals surface area contributed by atoms with E-state index in [-0.39, 0.29) is 11.9 Å². The van der Waals surface area contributed by atoms with Crippen LogP contribution in [0.25, 0.3) is 0 Å². The van der Waals surface area contributed by atoms with Crippen LogP contribution in [0.3, 0.4) is 0 Å². The molecule has 4 rings (SSSR count). The molecule has 2 fully saturated rings. The largest absolute Gasteiger partial charge is 0.497 e. The van der Waals surface area contributed by atoms with E-state index in [9.17, 15) is 4.79 Å². The molecule has 0 spiro atoms. The molecule has 0 aliphatic carbocycles. The van der Waals surface area contributed by atoms with Gasteiger partial charge in [0, 0.05) is 50.7 Å². The second-order valence-electron chi connectivity index (χ2n) is 7.67. The van der Waals surface area contributed by atoms with Crippen LogP contribution in [-0.4, -0.2) is 79.2 Å². The minimum absolute atomic E-state index is 0.0292. The Morgan fingerprint density at radius 3 is 2.53 bits per heavy atom. The third kappa shape index (κ3) is 4.33. The Labute approximate surface area is 177 Å². The van der Waals surface area contributed by atoms with Crippen molar-refractivity contribution < 1.29 is 14.3 Å². The number of aromatic nitrogens is 2. The van der Waals surface area contributed by atoms with Gasteiger partial charge in [-0.3, -0.25) is 9.69 Å². The molecular formula is C22H29N5O3. The summed E-state index contributed by atoms with van der Waals surface area (Å²) in [4.78, 5) is 28.2. The summed E-state index contributed by atoms with van der Waals surface area (Å²) in [7, 11) is 3.33. The van der Waals surface area contributed by atoms with Gasteiger partial charge in [-0.05, 0) is 37.1 Å². The summed E-state index contributed by atoms with van der Waals surface area (Å²) < 4.78 is 11.0. The first-order chi connectivity index (χ1) is 14.7. The fourth-order valence-electron chi connectivity index (χ4n) is 4.33. The number of hydrogen-bond acceptors (Lipinski definition) is 7. The normalized spacial score (nSPS) is 19.7. The standard InChI is InChI=1S/C22H29N5O3/c1-29-17-6-7-20(30-2)18(15-17)19-5-3-10-27(19)21(28)16-25-11-13-26(14-12-25)22-23-8-4-9-24-22/h4,6-9,15,19H,3,5,10-14,16H2,1-2H3/t19-/m0/s1. The van der Waals surface area contributed by atoms with Crippen LogP contribution < -0.4 is 14.4 Å². The first kappa shape index (κ1) is 20.4. The number of rotatable bonds is 6. The van der Waals surface area contributed by atoms with E-state index in [1.807, 2.05) is 29.2 Å². The van der Waals surface area contributed by atoms with Crippen molar-refractivity contribution in [3.05, 3.63) is 42.2 Å². The fourth-order valence-corrected chi connectivity index (χ4v) is 4.33. The van der Waals surface area contributed by atoms with Gasteiger partial charge in [0.2, 0.25) is 11.9 Å². The number of piperazine rings is 1. The summed E-state index contributed by atoms with van der Waals surface area (Å²) in [6, 6.07) is 7.65. The Kier molecular flexibility index (Phi) is 6.32. The molecule has 0 radical (unpaired) electrons. The van der Waals surface area contributed by atoms with E-state index in [0.717, 1.165) is 68.6 Å². The number of amides is 1. The zero-order valence-electron chi connectivity index (χ0n) is 17.7. The van der Waals surface area contributed by atoms with Crippen molar-refractivity contribution in [1.29, 1.82) is 0 Å². The van der Waals surface area contributed by atoms with Crippen molar-refractivity contribution in [3.63, 3.8) is 0 Å². The van der Waals surface area contributed by atoms with E-state index in [2.05, 4.69) is 19.8 Å². The fraction of sp³-hybridized carbons (Fsp3) is 0.500. The number of anilines is 1. The van der Waals surface area contributed by atoms with E-state index >= 15 is 0 Å². The molecule has 1 atom stereocenters. The lowest BCUT2D eigenvalue weighted by Crippen LogP contribution is -2.50. The average molecular weight is 412 g/mol. The van der Waals surface area contributed by atoms with Gasteiger partial charge in [0.1, 0.15) is 11.5 Å². The second-order valence-corrected chi connectivity index (χ2v) is 7.67. The van der Waals surface area contributed by atoms with Crippen LogP contribution in [0.2, 0.25) is 0 Å². The molecule has 2 aromatic rings. The number of hydrogen-bond donors (Lipinski definition) is 0. The van der Waals surface area contributed by atoms with E-state index in [4.69, 9.17) is 9.47 Å². The van der Waals surface area contributed by atoms with E-state index in [1.165, 1.54) is 0 Å². The Morgan fingerprint density at radius 2 is 1.83 bits per heavy atom. The Bertz CT molecular complexity index is 855. The van der Waals surface area contributed by atoms with E-state index < -0.39 is 0 Å². The highest BCUT2D eigenvalue weighted by atomic mass is 16.5. The summed E-state index contributed by atoms with van der Waals surface area (Å²) in [6.45, 7) is 4.51. The maximum absolute atomic E-state index is 13.2. The number of likely N-dealkylation sites (tertiary alicyclic amines) is 1. The topological polar surface area (TPSA) is 71.0 Å². The maximum Gasteiger partial charge on any atom is 0.237 e. The monoisotopic (exact) mass is 411 g/mol. The number of ether oxygens (including phenoxy) is 2. The van der Waals surface area contributed by atoms with Crippen LogP contribution in [0.15, 0.2) is 36.7 Å². The average Bonchev–Trinajstić information content (AvgIpc) is 3.30. The van der Waals surface area contributed by atoms with Crippen LogP contribution in [0.1, 0.15) is 24.4 Å². The Morgan fingerprint density at radius 1 is 1.07 bits per heavy atom. The van der Waals surface area contributed by atoms with Gasteiger partial charge in [-0.25, -0.2) is 9.97 Å². The predicted molar refractivity (Wildman–Crippen MR) is 114 cm³/mol. The van der Waals surface area contributed by atoms with Crippen molar-refractivity contribution >= 4 is 11.9 Å². The van der Waals surface area contributed by atoms with Gasteiger partial charge in [0.15, 0.2) is 0 Å². The van der Waals surface area contributed by atoms with Gasteiger partial charge in [-0.15, -0.1) is 0 Å². The van der Waals surface area contributed by atoms with Crippen LogP contribution in [0.4, 0.5) is 5.95 Å². The van der Waals surface area contributed by atoms with Gasteiger partial charge in [0.05, 0.1) is 26.8 Å². The summed E-state index contributed by atoms with van der Waals surface area (Å²) in [5.41, 5.74) is 1.02. The molecule has 2 aliphatic rings. The van der Waals surface area contributed by atoms with Gasteiger partial charge >= 0.3 is 0 Å². The number of methoxy groups -OCH3 is 2. The number of nitrogens with zero attached hydrogens (tertiary/aromatic N) is 5. The molecule has 8 nitrogen and oxygen atoms in total. The molecule has 1 amide bonds. The van der Waals surface area contributed by atoms with Crippen molar-refractivity contribution in [2.24, 2.45) is 0 Å². The minimum atomic E-state index is 0.0292. The Balaban J connectivity index is 1.39. The quantitative estimate of drug-likeness (QED) is 0.720. The highest BCUT2D eigenvalue weighted by molar-refractivity contribution is 5.79. The number of benzene rings is 1. The number of carbonyl (C=O) groups excluding carboxylic acids is 1. The molecule has 160 valence electrons. The van der Waals surface area contributed by atoms with Crippen molar-refractivity contribution in [2.75, 3.05) is 58.4 Å². The molecule has 0 N–H and O–H groups in total. The van der Waals surface area contributed by atoms with Gasteiger partial charge in [0.25, 0.3) is 0 Å². The molecule has 30 heavy (non-hydrogen) atoms. The first-order valence-corrected chi connectivity index (χ1v) is 10.5. The highest BCUT2D eigenvalue weighted by Crippen LogP contribution is 2.39. The summed E-state index contributed by atoms with van der Waals surface area (Å²) in [6.07, 6.45) is 5.46. The Hall–Kier alpha value is -2.87. The SMILES string of the molecule is COc1ccc(OC)c([C@@H]2CCCN2C(=O)CN2CCN(c3ncccn3)CC2)c1. The van der Waals surface area contributed by atoms with Crippen LogP contribution >= 0.6 is 0 Å². The van der Waals surface area contributed by atoms with Gasteiger partial charge < -0.3 is 19.3 Å². The molecule has 0 bridgehead atoms. The highest BCUT2D eigenvalue weighted by Gasteiger charge is 2.33. The van der Waals surface area contributed by atoms with E-state index in [1.54, 1.807) is 26.6 Å². The molecule has 2 aliphatic heterocycles. The third-order valence-corrected chi connectivity index (χ3v) is 5.94. The lowest BCUT2D eigenvalue weighted by atomic mass is 10.0. The second kappa shape index (κ2) is 9.30. The molecule has 1 aromatic heterocycles. The van der Waals surface area contributed by atoms with E-state index in [0.29, 0.717) is 6.54 Å². The molecule has 0 saturated carbocycles. The van der Waals surface area contributed by atoms with Crippen LogP contribution in [0.5, 0.6) is 11.5 Å². The molecular weight excluding hydrogens is 382 g/mol. The summed E-state index contributed by atoms with van der Waals surface area (Å²) in [5, 5.41) is 0. The van der Waals surface area contributed by atoms with Gasteiger partial charge in [-0.1, -0.05) is 0 Å². The molecule has 2 saturated heterocycles. The smallest absolute Gasteiger partial charge is 0.237 e. The minimum Gasteiger partial charge on any atom is -0.497 e. The molecule has 1 aromatic carbocycles. The molecule has 0 unspecified atom stereocenters. The summed E-state index contributed by atoms with van der Waals surface area (Å²) in [5.74, 6) is 2.52. The zero-order chi connectivity index (χ0) is 20.9. The lowest BCUT2D eigenvalue weighted by Gasteiger charge is -2.35. The summed E-state index contributed by atoms with van der Waals surface area (Å²) >= 11 is 0. The molecule has 3 heterocycles. The first-order valence-electron chi connectivity index (χ1n) is 10.5. The van der Waals surface area contributed by atoms with Crippen molar-refractivity contribution in [3.8, 4) is 11.5 Å². The third-order valence-electron chi connectivity index (χ3n) is 5.94. The van der Waals surface area contributed by atoms with Crippen LogP contribution in [0, 0.1) is 0 Å². The van der Waals surface area contributed by atoms with Crippen LogP contribution in [-0.2, 0) is 4.79 Å².